The van der Waals surface area contributed by atoms with Gasteiger partial charge in [-0.05, 0) is 31.0 Å². The van der Waals surface area contributed by atoms with E-state index in [9.17, 15) is 5.11 Å². The summed E-state index contributed by atoms with van der Waals surface area (Å²) in [6.07, 6.45) is 1.06. The van der Waals surface area contributed by atoms with Crippen LogP contribution in [0.2, 0.25) is 0 Å². The average Bonchev–Trinajstić information content (AvgIpc) is 2.77. The highest BCUT2D eigenvalue weighted by Crippen LogP contribution is 2.36. The van der Waals surface area contributed by atoms with E-state index in [-0.39, 0.29) is 5.75 Å². The number of para-hydroxylation sites is 2. The Morgan fingerprint density at radius 3 is 2.80 bits per heavy atom. The molecule has 104 valence electrons. The highest BCUT2D eigenvalue weighted by Gasteiger charge is 2.26. The summed E-state index contributed by atoms with van der Waals surface area (Å²) in [5.41, 5.74) is 3.54. The summed E-state index contributed by atoms with van der Waals surface area (Å²) in [5.74, 6) is 0.772. The molecular weight excluding hydrogens is 250 g/mol. The van der Waals surface area contributed by atoms with Crippen LogP contribution in [0.25, 0.3) is 0 Å². The summed E-state index contributed by atoms with van der Waals surface area (Å²) in [5, 5.41) is 10.2. The summed E-state index contributed by atoms with van der Waals surface area (Å²) in [6.45, 7) is 2.92. The number of aromatic hydroxyl groups is 1. The van der Waals surface area contributed by atoms with Gasteiger partial charge in [0.05, 0.1) is 7.11 Å². The fraction of sp³-hybridized carbons (Fsp3) is 0.294. The molecule has 2 aromatic rings. The second-order valence-electron chi connectivity index (χ2n) is 5.28. The third kappa shape index (κ3) is 2.09. The SMILES string of the molecule is COc1cccc(CN2c3ccccc3CC2C)c1O. The van der Waals surface area contributed by atoms with Crippen molar-refractivity contribution in [3.8, 4) is 11.5 Å². The predicted octanol–water partition coefficient (Wildman–Crippen LogP) is 3.35. The first-order chi connectivity index (χ1) is 9.70. The van der Waals surface area contributed by atoms with E-state index in [1.54, 1.807) is 13.2 Å². The lowest BCUT2D eigenvalue weighted by Gasteiger charge is -2.25. The molecule has 0 fully saturated rings. The van der Waals surface area contributed by atoms with Gasteiger partial charge in [0.2, 0.25) is 0 Å². The van der Waals surface area contributed by atoms with Crippen LogP contribution < -0.4 is 9.64 Å². The molecule has 0 bridgehead atoms. The van der Waals surface area contributed by atoms with Crippen LogP contribution in [0.15, 0.2) is 42.5 Å². The van der Waals surface area contributed by atoms with E-state index in [1.165, 1.54) is 11.3 Å². The molecule has 0 aliphatic carbocycles. The molecule has 0 saturated heterocycles. The molecule has 1 heterocycles. The van der Waals surface area contributed by atoms with Crippen molar-refractivity contribution in [1.82, 2.24) is 0 Å². The number of benzene rings is 2. The van der Waals surface area contributed by atoms with Gasteiger partial charge in [-0.1, -0.05) is 30.3 Å². The molecule has 3 nitrogen and oxygen atoms in total. The predicted molar refractivity (Wildman–Crippen MR) is 80.4 cm³/mol. The van der Waals surface area contributed by atoms with Gasteiger partial charge >= 0.3 is 0 Å². The first kappa shape index (κ1) is 12.9. The number of phenolic OH excluding ortho intramolecular Hbond substituents is 1. The van der Waals surface area contributed by atoms with Crippen molar-refractivity contribution in [3.63, 3.8) is 0 Å². The molecule has 20 heavy (non-hydrogen) atoms. The maximum Gasteiger partial charge on any atom is 0.162 e. The largest absolute Gasteiger partial charge is 0.504 e. The average molecular weight is 269 g/mol. The Morgan fingerprint density at radius 1 is 1.20 bits per heavy atom. The topological polar surface area (TPSA) is 32.7 Å². The van der Waals surface area contributed by atoms with Gasteiger partial charge in [-0.3, -0.25) is 0 Å². The van der Waals surface area contributed by atoms with Gasteiger partial charge in [-0.25, -0.2) is 0 Å². The molecule has 1 aliphatic rings. The Kier molecular flexibility index (Phi) is 3.26. The van der Waals surface area contributed by atoms with Crippen molar-refractivity contribution in [2.24, 2.45) is 0 Å². The third-order valence-electron chi connectivity index (χ3n) is 3.99. The van der Waals surface area contributed by atoms with E-state index >= 15 is 0 Å². The molecule has 1 unspecified atom stereocenters. The fourth-order valence-corrected chi connectivity index (χ4v) is 2.91. The quantitative estimate of drug-likeness (QED) is 0.927. The molecule has 2 aromatic carbocycles. The van der Waals surface area contributed by atoms with Crippen molar-refractivity contribution < 1.29 is 9.84 Å². The lowest BCUT2D eigenvalue weighted by molar-refractivity contribution is 0.370. The zero-order valence-corrected chi connectivity index (χ0v) is 11.8. The summed E-state index contributed by atoms with van der Waals surface area (Å²) >= 11 is 0. The first-order valence-electron chi connectivity index (χ1n) is 6.90. The molecule has 0 amide bonds. The Labute approximate surface area is 119 Å². The lowest BCUT2D eigenvalue weighted by Crippen LogP contribution is -2.28. The van der Waals surface area contributed by atoms with E-state index in [2.05, 4.69) is 36.1 Å². The van der Waals surface area contributed by atoms with E-state index < -0.39 is 0 Å². The number of rotatable bonds is 3. The molecule has 3 heteroatoms. The molecule has 1 N–H and O–H groups in total. The zero-order valence-electron chi connectivity index (χ0n) is 11.8. The molecule has 0 aromatic heterocycles. The maximum absolute atomic E-state index is 10.2. The van der Waals surface area contributed by atoms with E-state index in [4.69, 9.17) is 4.74 Å². The number of phenols is 1. The summed E-state index contributed by atoms with van der Waals surface area (Å²) in [6, 6.07) is 14.6. The molecule has 0 spiro atoms. The maximum atomic E-state index is 10.2. The van der Waals surface area contributed by atoms with Crippen LogP contribution in [0.5, 0.6) is 11.5 Å². The van der Waals surface area contributed by atoms with Gasteiger partial charge in [-0.2, -0.15) is 0 Å². The molecule has 0 saturated carbocycles. The highest BCUT2D eigenvalue weighted by atomic mass is 16.5. The van der Waals surface area contributed by atoms with Gasteiger partial charge in [0.1, 0.15) is 0 Å². The molecule has 0 radical (unpaired) electrons. The second kappa shape index (κ2) is 5.08. The van der Waals surface area contributed by atoms with E-state index in [0.717, 1.165) is 12.0 Å². The van der Waals surface area contributed by atoms with Crippen molar-refractivity contribution in [2.75, 3.05) is 12.0 Å². The molecule has 1 atom stereocenters. The molecule has 3 rings (SSSR count). The Hall–Kier alpha value is -2.16. The van der Waals surface area contributed by atoms with Crippen molar-refractivity contribution in [3.05, 3.63) is 53.6 Å². The number of ether oxygens (including phenoxy) is 1. The smallest absolute Gasteiger partial charge is 0.162 e. The van der Waals surface area contributed by atoms with Crippen LogP contribution in [0.1, 0.15) is 18.1 Å². The Morgan fingerprint density at radius 2 is 2.00 bits per heavy atom. The highest BCUT2D eigenvalue weighted by molar-refractivity contribution is 5.60. The Balaban J connectivity index is 1.92. The van der Waals surface area contributed by atoms with Crippen LogP contribution in [-0.4, -0.2) is 18.3 Å². The number of methoxy groups -OCH3 is 1. The van der Waals surface area contributed by atoms with Crippen molar-refractivity contribution in [1.29, 1.82) is 0 Å². The number of anilines is 1. The molecular formula is C17H19NO2. The second-order valence-corrected chi connectivity index (χ2v) is 5.28. The standard InChI is InChI=1S/C17H19NO2/c1-12-10-13-6-3-4-8-15(13)18(12)11-14-7-5-9-16(20-2)17(14)19/h3-9,12,19H,10-11H2,1-2H3. The van der Waals surface area contributed by atoms with Gasteiger partial charge in [-0.15, -0.1) is 0 Å². The van der Waals surface area contributed by atoms with Crippen molar-refractivity contribution >= 4 is 5.69 Å². The number of nitrogens with zero attached hydrogens (tertiary/aromatic N) is 1. The molecule has 1 aliphatic heterocycles. The third-order valence-corrected chi connectivity index (χ3v) is 3.99. The zero-order chi connectivity index (χ0) is 14.1. The summed E-state index contributed by atoms with van der Waals surface area (Å²) in [7, 11) is 1.58. The van der Waals surface area contributed by atoms with Crippen LogP contribution >= 0.6 is 0 Å². The van der Waals surface area contributed by atoms with Crippen molar-refractivity contribution in [2.45, 2.75) is 25.9 Å². The van der Waals surface area contributed by atoms with E-state index in [0.29, 0.717) is 18.3 Å². The summed E-state index contributed by atoms with van der Waals surface area (Å²) < 4.78 is 5.18. The number of hydrogen-bond donors (Lipinski definition) is 1. The van der Waals surface area contributed by atoms with Gasteiger partial charge in [0.25, 0.3) is 0 Å². The minimum atomic E-state index is 0.242. The monoisotopic (exact) mass is 269 g/mol. The minimum Gasteiger partial charge on any atom is -0.504 e. The van der Waals surface area contributed by atoms with Gasteiger partial charge < -0.3 is 14.7 Å². The lowest BCUT2D eigenvalue weighted by atomic mass is 10.1. The fourth-order valence-electron chi connectivity index (χ4n) is 2.91. The first-order valence-corrected chi connectivity index (χ1v) is 6.90. The number of hydrogen-bond acceptors (Lipinski definition) is 3. The van der Waals surface area contributed by atoms with Crippen LogP contribution in [0, 0.1) is 0 Å². The van der Waals surface area contributed by atoms with Gasteiger partial charge in [0.15, 0.2) is 11.5 Å². The van der Waals surface area contributed by atoms with Gasteiger partial charge in [0, 0.05) is 23.8 Å². The van der Waals surface area contributed by atoms with Crippen LogP contribution in [0.3, 0.4) is 0 Å². The number of fused-ring (bicyclic) bond motifs is 1. The van der Waals surface area contributed by atoms with E-state index in [1.807, 2.05) is 12.1 Å². The Bertz CT molecular complexity index is 624. The van der Waals surface area contributed by atoms with Crippen LogP contribution in [-0.2, 0) is 13.0 Å². The summed E-state index contributed by atoms with van der Waals surface area (Å²) in [4.78, 5) is 2.34. The normalized spacial score (nSPS) is 17.1. The van der Waals surface area contributed by atoms with Crippen LogP contribution in [0.4, 0.5) is 5.69 Å². The minimum absolute atomic E-state index is 0.242.